The molecule has 2 aromatic rings. The number of ether oxygens (including phenoxy) is 1. The van der Waals surface area contributed by atoms with E-state index in [4.69, 9.17) is 0 Å². The fraction of sp³-hybridized carbons (Fsp3) is 0.235. The molecule has 9 heteroatoms. The molecule has 26 heavy (non-hydrogen) atoms. The highest BCUT2D eigenvalue weighted by Gasteiger charge is 2.49. The minimum atomic E-state index is -5.91. The predicted octanol–water partition coefficient (Wildman–Crippen LogP) is 3.99. The minimum absolute atomic E-state index is 0.433. The third kappa shape index (κ3) is 4.16. The predicted molar refractivity (Wildman–Crippen MR) is 88.3 cm³/mol. The largest absolute Gasteiger partial charge is 0.534 e. The Hall–Kier alpha value is -2.55. The molecule has 0 saturated carbocycles. The molecule has 5 nitrogen and oxygen atoms in total. The van der Waals surface area contributed by atoms with Gasteiger partial charge in [-0.25, -0.2) is 4.79 Å². The lowest BCUT2D eigenvalue weighted by Crippen LogP contribution is -2.28. The van der Waals surface area contributed by atoms with Gasteiger partial charge in [0.1, 0.15) is 5.56 Å². The molecule has 0 aliphatic carbocycles. The van der Waals surface area contributed by atoms with Gasteiger partial charge in [0.05, 0.1) is 7.11 Å². The summed E-state index contributed by atoms with van der Waals surface area (Å²) in [7, 11) is -4.89. The summed E-state index contributed by atoms with van der Waals surface area (Å²) < 4.78 is 68.7. The van der Waals surface area contributed by atoms with Gasteiger partial charge in [0.15, 0.2) is 5.75 Å². The molecule has 0 saturated heterocycles. The third-order valence-electron chi connectivity index (χ3n) is 3.42. The summed E-state index contributed by atoms with van der Waals surface area (Å²) >= 11 is 0. The second kappa shape index (κ2) is 6.99. The zero-order chi connectivity index (χ0) is 19.7. The molecule has 0 radical (unpaired) electrons. The Morgan fingerprint density at radius 3 is 2.04 bits per heavy atom. The van der Waals surface area contributed by atoms with Crippen LogP contribution in [-0.4, -0.2) is 27.0 Å². The molecule has 0 heterocycles. The average molecular weight is 388 g/mol. The zero-order valence-electron chi connectivity index (χ0n) is 14.0. The van der Waals surface area contributed by atoms with E-state index in [9.17, 15) is 26.4 Å². The van der Waals surface area contributed by atoms with Crippen LogP contribution >= 0.6 is 0 Å². The number of benzene rings is 2. The smallest absolute Gasteiger partial charge is 0.465 e. The summed E-state index contributed by atoms with van der Waals surface area (Å²) in [6.07, 6.45) is 0. The molecule has 0 atom stereocenters. The number of halogens is 3. The van der Waals surface area contributed by atoms with Gasteiger partial charge in [-0.15, -0.1) is 0 Å². The van der Waals surface area contributed by atoms with E-state index in [-0.39, 0.29) is 0 Å². The maximum Gasteiger partial charge on any atom is 0.534 e. The lowest BCUT2D eigenvalue weighted by atomic mass is 9.99. The van der Waals surface area contributed by atoms with E-state index >= 15 is 0 Å². The van der Waals surface area contributed by atoms with Gasteiger partial charge in [0.2, 0.25) is 0 Å². The van der Waals surface area contributed by atoms with Crippen LogP contribution in [0.15, 0.2) is 36.4 Å². The highest BCUT2D eigenvalue weighted by Crippen LogP contribution is 2.32. The summed E-state index contributed by atoms with van der Waals surface area (Å²) in [5, 5.41) is 0. The molecule has 140 valence electrons. The fourth-order valence-electron chi connectivity index (χ4n) is 2.36. The molecule has 0 amide bonds. The normalized spacial score (nSPS) is 11.9. The molecule has 0 fully saturated rings. The SMILES string of the molecule is COC(=O)c1cc(-c2cc(C)cc(C)c2)ccc1OS(=O)(=O)C(F)(F)F. The monoisotopic (exact) mass is 388 g/mol. The molecule has 0 unspecified atom stereocenters. The summed E-state index contributed by atoms with van der Waals surface area (Å²) in [5.74, 6) is -1.79. The summed E-state index contributed by atoms with van der Waals surface area (Å²) in [5.41, 5.74) is -2.96. The summed E-state index contributed by atoms with van der Waals surface area (Å²) in [6.45, 7) is 3.73. The van der Waals surface area contributed by atoms with Gasteiger partial charge in [-0.1, -0.05) is 35.4 Å². The van der Waals surface area contributed by atoms with Gasteiger partial charge in [-0.05, 0) is 37.1 Å². The molecule has 2 rings (SSSR count). The van der Waals surface area contributed by atoms with Crippen molar-refractivity contribution in [1.82, 2.24) is 0 Å². The van der Waals surface area contributed by atoms with Crippen molar-refractivity contribution >= 4 is 16.1 Å². The first-order chi connectivity index (χ1) is 11.9. The highest BCUT2D eigenvalue weighted by molar-refractivity contribution is 7.88. The van der Waals surface area contributed by atoms with Gasteiger partial charge in [0.25, 0.3) is 0 Å². The molecule has 0 aromatic heterocycles. The Bertz CT molecular complexity index is 929. The number of rotatable bonds is 4. The molecule has 0 N–H and O–H groups in total. The fourth-order valence-corrected chi connectivity index (χ4v) is 2.83. The Labute approximate surface area is 148 Å². The van der Waals surface area contributed by atoms with Crippen LogP contribution in [0.3, 0.4) is 0 Å². The van der Waals surface area contributed by atoms with Crippen molar-refractivity contribution in [2.45, 2.75) is 19.4 Å². The van der Waals surface area contributed by atoms with Crippen molar-refractivity contribution in [3.8, 4) is 16.9 Å². The number of methoxy groups -OCH3 is 1. The molecule has 0 aliphatic rings. The van der Waals surface area contributed by atoms with E-state index in [1.807, 2.05) is 32.0 Å². The topological polar surface area (TPSA) is 69.7 Å². The van der Waals surface area contributed by atoms with Crippen LogP contribution in [0.4, 0.5) is 13.2 Å². The maximum atomic E-state index is 12.5. The number of esters is 1. The first-order valence-electron chi connectivity index (χ1n) is 7.26. The van der Waals surface area contributed by atoms with E-state index < -0.39 is 32.9 Å². The van der Waals surface area contributed by atoms with Crippen molar-refractivity contribution in [1.29, 1.82) is 0 Å². The van der Waals surface area contributed by atoms with Crippen LogP contribution in [0.1, 0.15) is 21.5 Å². The summed E-state index contributed by atoms with van der Waals surface area (Å²) in [4.78, 5) is 11.9. The third-order valence-corrected chi connectivity index (χ3v) is 4.39. The molecule has 0 aliphatic heterocycles. The van der Waals surface area contributed by atoms with Gasteiger partial charge in [0, 0.05) is 0 Å². The highest BCUT2D eigenvalue weighted by atomic mass is 32.2. The van der Waals surface area contributed by atoms with Crippen molar-refractivity contribution in [2.24, 2.45) is 0 Å². The van der Waals surface area contributed by atoms with Gasteiger partial charge in [-0.3, -0.25) is 0 Å². The summed E-state index contributed by atoms with van der Waals surface area (Å²) in [6, 6.07) is 9.14. The number of alkyl halides is 3. The van der Waals surface area contributed by atoms with Crippen molar-refractivity contribution in [3.63, 3.8) is 0 Å². The van der Waals surface area contributed by atoms with E-state index in [0.29, 0.717) is 11.1 Å². The second-order valence-electron chi connectivity index (χ2n) is 5.56. The molecule has 0 spiro atoms. The quantitative estimate of drug-likeness (QED) is 0.450. The zero-order valence-corrected chi connectivity index (χ0v) is 14.9. The Morgan fingerprint density at radius 1 is 0.962 bits per heavy atom. The van der Waals surface area contributed by atoms with E-state index in [1.165, 1.54) is 12.1 Å². The number of aryl methyl sites for hydroxylation is 2. The van der Waals surface area contributed by atoms with Crippen molar-refractivity contribution in [2.75, 3.05) is 7.11 Å². The Kier molecular flexibility index (Phi) is 5.31. The van der Waals surface area contributed by atoms with Gasteiger partial charge in [-0.2, -0.15) is 21.6 Å². The first-order valence-corrected chi connectivity index (χ1v) is 8.67. The molecule has 0 bridgehead atoms. The van der Waals surface area contributed by atoms with E-state index in [0.717, 1.165) is 24.3 Å². The van der Waals surface area contributed by atoms with Crippen LogP contribution in [0, 0.1) is 13.8 Å². The number of hydrogen-bond donors (Lipinski definition) is 0. The Morgan fingerprint density at radius 2 is 1.54 bits per heavy atom. The van der Waals surface area contributed by atoms with Crippen LogP contribution in [0.5, 0.6) is 5.75 Å². The average Bonchev–Trinajstić information content (AvgIpc) is 2.52. The number of carbonyl (C=O) groups excluding carboxylic acids is 1. The number of carbonyl (C=O) groups is 1. The van der Waals surface area contributed by atoms with E-state index in [2.05, 4.69) is 8.92 Å². The van der Waals surface area contributed by atoms with Gasteiger partial charge < -0.3 is 8.92 Å². The van der Waals surface area contributed by atoms with Crippen LogP contribution in [-0.2, 0) is 14.9 Å². The maximum absolute atomic E-state index is 12.5. The molecule has 2 aromatic carbocycles. The van der Waals surface area contributed by atoms with Crippen molar-refractivity contribution in [3.05, 3.63) is 53.1 Å². The second-order valence-corrected chi connectivity index (χ2v) is 7.10. The van der Waals surface area contributed by atoms with E-state index in [1.54, 1.807) is 0 Å². The lowest BCUT2D eigenvalue weighted by molar-refractivity contribution is -0.0500. The first kappa shape index (κ1) is 19.8. The lowest BCUT2D eigenvalue weighted by Gasteiger charge is -2.13. The molecular formula is C17H15F3O5S. The number of hydrogen-bond acceptors (Lipinski definition) is 5. The molecular weight excluding hydrogens is 373 g/mol. The van der Waals surface area contributed by atoms with Crippen LogP contribution in [0.2, 0.25) is 0 Å². The van der Waals surface area contributed by atoms with Crippen LogP contribution in [0.25, 0.3) is 11.1 Å². The van der Waals surface area contributed by atoms with Gasteiger partial charge >= 0.3 is 21.6 Å². The van der Waals surface area contributed by atoms with Crippen LogP contribution < -0.4 is 4.18 Å². The van der Waals surface area contributed by atoms with Crippen molar-refractivity contribution < 1.29 is 35.3 Å². The standard InChI is InChI=1S/C17H15F3O5S/c1-10-6-11(2)8-13(7-10)12-4-5-15(14(9-12)16(21)24-3)25-26(22,23)17(18,19)20/h4-9H,1-3H3. The Balaban J connectivity index is 2.57. The minimum Gasteiger partial charge on any atom is -0.465 e.